The van der Waals surface area contributed by atoms with Gasteiger partial charge in [0.05, 0.1) is 0 Å². The van der Waals surface area contributed by atoms with E-state index in [4.69, 9.17) is 5.73 Å². The van der Waals surface area contributed by atoms with Gasteiger partial charge in [0.15, 0.2) is 0 Å². The average molecular weight is 208 g/mol. The van der Waals surface area contributed by atoms with Crippen molar-refractivity contribution in [2.24, 2.45) is 5.73 Å². The van der Waals surface area contributed by atoms with Crippen LogP contribution in [0.25, 0.3) is 0 Å². The first-order chi connectivity index (χ1) is 7.09. The molecule has 0 saturated heterocycles. The molecule has 1 aromatic carbocycles. The number of carbonyl (C=O) groups is 1. The van der Waals surface area contributed by atoms with Gasteiger partial charge in [-0.15, -0.1) is 0 Å². The standard InChI is InChI=1S/C11H13FN2O/c1-14-5-4-7-6-8(12)2-3-9(7)10(13)11(14)15/h2-3,6,10H,4-5,13H2,1H3/t10-/m1/s1. The first kappa shape index (κ1) is 10.1. The van der Waals surface area contributed by atoms with E-state index >= 15 is 0 Å². The Balaban J connectivity index is 2.47. The number of likely N-dealkylation sites (N-methyl/N-ethyl adjacent to an activating group) is 1. The van der Waals surface area contributed by atoms with Crippen molar-refractivity contribution in [1.29, 1.82) is 0 Å². The molecule has 1 aliphatic heterocycles. The molecule has 4 heteroatoms. The zero-order chi connectivity index (χ0) is 11.0. The van der Waals surface area contributed by atoms with Crippen LogP contribution in [-0.2, 0) is 11.2 Å². The van der Waals surface area contributed by atoms with Gasteiger partial charge in [0.25, 0.3) is 0 Å². The molecule has 0 saturated carbocycles. The van der Waals surface area contributed by atoms with Crippen molar-refractivity contribution < 1.29 is 9.18 Å². The van der Waals surface area contributed by atoms with Gasteiger partial charge in [0.1, 0.15) is 11.9 Å². The molecule has 1 heterocycles. The summed E-state index contributed by atoms with van der Waals surface area (Å²) in [7, 11) is 1.71. The fraction of sp³-hybridized carbons (Fsp3) is 0.364. The molecular formula is C11H13FN2O. The van der Waals surface area contributed by atoms with Gasteiger partial charge in [-0.05, 0) is 29.7 Å². The second-order valence-electron chi connectivity index (χ2n) is 3.83. The summed E-state index contributed by atoms with van der Waals surface area (Å²) in [6, 6.07) is 3.75. The van der Waals surface area contributed by atoms with Crippen LogP contribution < -0.4 is 5.73 Å². The Morgan fingerprint density at radius 2 is 2.27 bits per heavy atom. The van der Waals surface area contributed by atoms with E-state index < -0.39 is 6.04 Å². The van der Waals surface area contributed by atoms with Crippen molar-refractivity contribution in [3.8, 4) is 0 Å². The molecule has 0 aromatic heterocycles. The third-order valence-electron chi connectivity index (χ3n) is 2.80. The molecule has 1 amide bonds. The minimum absolute atomic E-state index is 0.111. The lowest BCUT2D eigenvalue weighted by Crippen LogP contribution is -2.34. The predicted octanol–water partition coefficient (Wildman–Crippen LogP) is 0.840. The highest BCUT2D eigenvalue weighted by Gasteiger charge is 2.25. The highest BCUT2D eigenvalue weighted by Crippen LogP contribution is 2.23. The van der Waals surface area contributed by atoms with Crippen LogP contribution in [0.1, 0.15) is 17.2 Å². The van der Waals surface area contributed by atoms with Gasteiger partial charge in [-0.2, -0.15) is 0 Å². The number of nitrogens with two attached hydrogens (primary N) is 1. The molecule has 15 heavy (non-hydrogen) atoms. The molecule has 3 nitrogen and oxygen atoms in total. The Bertz CT molecular complexity index is 406. The molecule has 1 atom stereocenters. The molecule has 0 unspecified atom stereocenters. The zero-order valence-electron chi connectivity index (χ0n) is 8.53. The molecule has 1 aliphatic rings. The molecule has 0 radical (unpaired) electrons. The van der Waals surface area contributed by atoms with Gasteiger partial charge < -0.3 is 10.6 Å². The number of carbonyl (C=O) groups excluding carboxylic acids is 1. The summed E-state index contributed by atoms with van der Waals surface area (Å²) in [6.07, 6.45) is 0.656. The summed E-state index contributed by atoms with van der Waals surface area (Å²) < 4.78 is 13.0. The molecule has 0 aliphatic carbocycles. The quantitative estimate of drug-likeness (QED) is 0.686. The predicted molar refractivity (Wildman–Crippen MR) is 54.7 cm³/mol. The van der Waals surface area contributed by atoms with Crippen molar-refractivity contribution in [3.63, 3.8) is 0 Å². The van der Waals surface area contributed by atoms with Gasteiger partial charge >= 0.3 is 0 Å². The Morgan fingerprint density at radius 3 is 3.00 bits per heavy atom. The van der Waals surface area contributed by atoms with E-state index in [2.05, 4.69) is 0 Å². The summed E-state index contributed by atoms with van der Waals surface area (Å²) in [4.78, 5) is 13.3. The lowest BCUT2D eigenvalue weighted by molar-refractivity contribution is -0.131. The van der Waals surface area contributed by atoms with Crippen molar-refractivity contribution in [2.75, 3.05) is 13.6 Å². The van der Waals surface area contributed by atoms with Crippen LogP contribution >= 0.6 is 0 Å². The number of benzene rings is 1. The maximum absolute atomic E-state index is 13.0. The number of nitrogens with zero attached hydrogens (tertiary/aromatic N) is 1. The van der Waals surface area contributed by atoms with Crippen LogP contribution in [0.3, 0.4) is 0 Å². The summed E-state index contributed by atoms with van der Waals surface area (Å²) in [5.41, 5.74) is 7.39. The molecule has 0 bridgehead atoms. The van der Waals surface area contributed by atoms with Crippen LogP contribution in [0.15, 0.2) is 18.2 Å². The number of halogens is 1. The fourth-order valence-corrected chi connectivity index (χ4v) is 1.86. The number of amides is 1. The maximum atomic E-state index is 13.0. The van der Waals surface area contributed by atoms with E-state index in [-0.39, 0.29) is 11.7 Å². The SMILES string of the molecule is CN1CCc2cc(F)ccc2[C@@H](N)C1=O. The number of hydrogen-bond acceptors (Lipinski definition) is 2. The Morgan fingerprint density at radius 1 is 1.53 bits per heavy atom. The minimum Gasteiger partial charge on any atom is -0.344 e. The summed E-state index contributed by atoms with van der Waals surface area (Å²) >= 11 is 0. The maximum Gasteiger partial charge on any atom is 0.243 e. The van der Waals surface area contributed by atoms with E-state index in [0.717, 1.165) is 11.1 Å². The van der Waals surface area contributed by atoms with E-state index in [1.807, 2.05) is 0 Å². The van der Waals surface area contributed by atoms with E-state index in [9.17, 15) is 9.18 Å². The molecule has 2 N–H and O–H groups in total. The third-order valence-corrected chi connectivity index (χ3v) is 2.80. The van der Waals surface area contributed by atoms with Crippen LogP contribution in [0, 0.1) is 5.82 Å². The van der Waals surface area contributed by atoms with Gasteiger partial charge in [0, 0.05) is 13.6 Å². The Labute approximate surface area is 87.7 Å². The minimum atomic E-state index is -0.659. The molecule has 0 fully saturated rings. The lowest BCUT2D eigenvalue weighted by Gasteiger charge is -2.16. The molecule has 1 aromatic rings. The highest BCUT2D eigenvalue weighted by atomic mass is 19.1. The van der Waals surface area contributed by atoms with Crippen LogP contribution in [-0.4, -0.2) is 24.4 Å². The van der Waals surface area contributed by atoms with Crippen molar-refractivity contribution in [2.45, 2.75) is 12.5 Å². The number of fused-ring (bicyclic) bond motifs is 1. The highest BCUT2D eigenvalue weighted by molar-refractivity contribution is 5.83. The van der Waals surface area contributed by atoms with E-state index in [1.165, 1.54) is 12.1 Å². The monoisotopic (exact) mass is 208 g/mol. The Kier molecular flexibility index (Phi) is 2.44. The zero-order valence-corrected chi connectivity index (χ0v) is 8.53. The van der Waals surface area contributed by atoms with Gasteiger partial charge in [-0.25, -0.2) is 4.39 Å². The van der Waals surface area contributed by atoms with E-state index in [1.54, 1.807) is 18.0 Å². The lowest BCUT2D eigenvalue weighted by atomic mass is 10.00. The van der Waals surface area contributed by atoms with Crippen molar-refractivity contribution in [3.05, 3.63) is 35.1 Å². The summed E-state index contributed by atoms with van der Waals surface area (Å²) in [5, 5.41) is 0. The van der Waals surface area contributed by atoms with Crippen molar-refractivity contribution in [1.82, 2.24) is 4.90 Å². The van der Waals surface area contributed by atoms with Gasteiger partial charge in [-0.3, -0.25) is 4.79 Å². The second-order valence-corrected chi connectivity index (χ2v) is 3.83. The fourth-order valence-electron chi connectivity index (χ4n) is 1.86. The normalized spacial score (nSPS) is 21.1. The second kappa shape index (κ2) is 3.62. The average Bonchev–Trinajstić information content (AvgIpc) is 2.32. The largest absolute Gasteiger partial charge is 0.344 e. The molecular weight excluding hydrogens is 195 g/mol. The first-order valence-electron chi connectivity index (χ1n) is 4.88. The van der Waals surface area contributed by atoms with Crippen LogP contribution in [0.5, 0.6) is 0 Å². The number of hydrogen-bond donors (Lipinski definition) is 1. The molecule has 80 valence electrons. The molecule has 2 rings (SSSR count). The topological polar surface area (TPSA) is 46.3 Å². The Hall–Kier alpha value is -1.42. The van der Waals surface area contributed by atoms with E-state index in [0.29, 0.717) is 13.0 Å². The van der Waals surface area contributed by atoms with Gasteiger partial charge in [0.2, 0.25) is 5.91 Å². The van der Waals surface area contributed by atoms with Crippen LogP contribution in [0.2, 0.25) is 0 Å². The van der Waals surface area contributed by atoms with Crippen molar-refractivity contribution >= 4 is 5.91 Å². The van der Waals surface area contributed by atoms with Gasteiger partial charge in [-0.1, -0.05) is 6.07 Å². The smallest absolute Gasteiger partial charge is 0.243 e. The molecule has 0 spiro atoms. The van der Waals surface area contributed by atoms with Crippen LogP contribution in [0.4, 0.5) is 4.39 Å². The first-order valence-corrected chi connectivity index (χ1v) is 4.88. The third kappa shape index (κ3) is 1.72. The summed E-state index contributed by atoms with van der Waals surface area (Å²) in [6.45, 7) is 0.586. The number of rotatable bonds is 0. The summed E-state index contributed by atoms with van der Waals surface area (Å²) in [5.74, 6) is -0.390.